The van der Waals surface area contributed by atoms with Crippen molar-refractivity contribution in [2.24, 2.45) is 0 Å². The zero-order valence-electron chi connectivity index (χ0n) is 52.9. The first-order valence-electron chi connectivity index (χ1n) is 31.5. The van der Waals surface area contributed by atoms with Gasteiger partial charge in [-0.05, 0) is 38.8 Å². The Bertz CT molecular complexity index is 2260. The monoisotopic (exact) mass is 1400 g/mol. The van der Waals surface area contributed by atoms with Gasteiger partial charge in [-0.1, -0.05) is 60.7 Å². The number of aliphatic hydroxyl groups excluding tert-OH is 21. The molecule has 37 heteroatoms. The Hall–Kier alpha value is -3.04. The summed E-state index contributed by atoms with van der Waals surface area (Å²) >= 11 is 0. The zero-order chi connectivity index (χ0) is 70.7. The normalized spacial score (nSPS) is 46.5. The van der Waals surface area contributed by atoms with Gasteiger partial charge in [0.05, 0.1) is 46.2 Å². The summed E-state index contributed by atoms with van der Waals surface area (Å²) in [5.74, 6) is 0. The molecule has 0 unspecified atom stereocenters. The molecule has 0 saturated carbocycles. The van der Waals surface area contributed by atoms with E-state index in [-0.39, 0.29) is 0 Å². The number of rotatable bonds is 12. The third-order valence-corrected chi connectivity index (χ3v) is 18.2. The molecule has 23 rings (SSSR count). The highest BCUT2D eigenvalue weighted by atomic mass is 17.2. The lowest BCUT2D eigenvalue weighted by atomic mass is 9.95. The molecule has 35 atom stereocenters. The van der Waals surface area contributed by atoms with Gasteiger partial charge in [-0.25, -0.2) is 9.78 Å². The lowest BCUT2D eigenvalue weighted by Crippen LogP contribution is -2.68. The standard InChI is InChI=1S/C42H70O35.C18H22O2/c43-1-8-29-15(50)22(57)36(64-8)72-30-9(2-44)66-38(24(59)17(30)52)74-32-11(4-46)68-40(26(61)19(32)54)76-34-13(6-48)70-42(28(63)21(34)56)77-35-14(7-49)69-41(27(62)20(35)55)75-33-12(5-47)67-39(25(60)18(33)53)73-31-10(3-45)65-37(71-29)23(58)16(31)51;1-17(2,15-11-7-5-8-12-15)19-20-18(3,4)16-13-9-6-10-14-16/h8-63H,1-7H2;5-14H,1-4H3/t8-,9-,10-,11-,12-,13-,14-,15-,16-,17-,18-,19-,20-,21-,22-,23-,24-,25-,26-,27-,28-,29-,30-,31-,32-,33-,34-,35-,36-,37-,38-,39-,40-,41-,42-;/m1./s1. The molecule has 0 spiro atoms. The summed E-state index contributed by atoms with van der Waals surface area (Å²) in [6.07, 6.45) is -70.2. The van der Waals surface area contributed by atoms with E-state index in [1.807, 2.05) is 88.4 Å². The highest BCUT2D eigenvalue weighted by Gasteiger charge is 2.60. The minimum atomic E-state index is -2.21. The number of aliphatic hydroxyl groups is 21. The molecule has 14 bridgehead atoms. The fourth-order valence-corrected chi connectivity index (χ4v) is 12.4. The van der Waals surface area contributed by atoms with Crippen LogP contribution in [0, 0.1) is 0 Å². The molecule has 0 aliphatic carbocycles. The zero-order valence-corrected chi connectivity index (χ0v) is 52.9. The van der Waals surface area contributed by atoms with Gasteiger partial charge in [0.15, 0.2) is 44.0 Å². The van der Waals surface area contributed by atoms with Gasteiger partial charge in [0.2, 0.25) is 0 Å². The van der Waals surface area contributed by atoms with Gasteiger partial charge in [0.25, 0.3) is 0 Å². The Morgan fingerprint density at radius 1 is 0.237 bits per heavy atom. The summed E-state index contributed by atoms with van der Waals surface area (Å²) in [5, 5.41) is 230. The maximum atomic E-state index is 11.3. The van der Waals surface area contributed by atoms with Crippen LogP contribution in [0.5, 0.6) is 0 Å². The molecule has 2 aromatic rings. The molecule has 37 nitrogen and oxygen atoms in total. The second-order valence-electron chi connectivity index (χ2n) is 25.6. The van der Waals surface area contributed by atoms with Crippen molar-refractivity contribution >= 4 is 0 Å². The lowest BCUT2D eigenvalue weighted by Gasteiger charge is -2.50. The largest absolute Gasteiger partial charge is 0.394 e. The molecule has 21 saturated heterocycles. The predicted octanol–water partition coefficient (Wildman–Crippen LogP) is -10.4. The molecule has 0 aromatic heterocycles. The SMILES string of the molecule is CC(C)(OOC(C)(C)c1ccccc1)c1ccccc1.OC[C@H]1O[C@@H]2O[C@H]3[C@H](O)[C@@H](O)[C@@H](O[C@H]4[C@H](O)[C@@H](O)[C@@H](O[C@H]5[C@H](O)[C@@H](O)[C@@H](O[C@H]6[C@H](O)[C@@H](O)[C@@H](O[C@H]7[C@H](O)[C@@H](O)[C@@H](O[C@H]8[C@H](O)[C@@H](O)[C@@H](O[C@H]1[C@H](O)[C@H]2O)O[C@@H]8CO)O[C@@H]7CO)O[C@@H]6CO)O[C@@H]5CO)O[C@@H]4CO)O[C@@H]3CO. The van der Waals surface area contributed by atoms with Crippen molar-refractivity contribution in [1.29, 1.82) is 0 Å². The van der Waals surface area contributed by atoms with Gasteiger partial charge in [-0.15, -0.1) is 0 Å². The van der Waals surface area contributed by atoms with Gasteiger partial charge < -0.3 is 174 Å². The summed E-state index contributed by atoms with van der Waals surface area (Å²) in [7, 11) is 0. The van der Waals surface area contributed by atoms with Crippen LogP contribution in [-0.2, 0) is 87.3 Å². The van der Waals surface area contributed by atoms with E-state index in [4.69, 9.17) is 76.1 Å². The van der Waals surface area contributed by atoms with Gasteiger partial charge >= 0.3 is 0 Å². The smallest absolute Gasteiger partial charge is 0.187 e. The Morgan fingerprint density at radius 2 is 0.381 bits per heavy atom. The number of benzene rings is 2. The molecule has 2 aromatic carbocycles. The lowest BCUT2D eigenvalue weighted by molar-refractivity contribution is -0.410. The van der Waals surface area contributed by atoms with Crippen LogP contribution in [0.15, 0.2) is 60.7 Å². The first kappa shape index (κ1) is 78.1. The second kappa shape index (κ2) is 33.6. The predicted molar refractivity (Wildman–Crippen MR) is 310 cm³/mol. The Morgan fingerprint density at radius 3 is 0.515 bits per heavy atom. The van der Waals surface area contributed by atoms with E-state index in [9.17, 15) is 107 Å². The fraction of sp³-hybridized carbons (Fsp3) is 0.800. The van der Waals surface area contributed by atoms with Crippen LogP contribution in [0.25, 0.3) is 0 Å². The van der Waals surface area contributed by atoms with E-state index in [0.717, 1.165) is 11.1 Å². The maximum absolute atomic E-state index is 11.3. The molecule has 0 radical (unpaired) electrons. The van der Waals surface area contributed by atoms with Crippen LogP contribution in [0.4, 0.5) is 0 Å². The average molecular weight is 1410 g/mol. The molecule has 554 valence electrons. The molecule has 21 fully saturated rings. The van der Waals surface area contributed by atoms with E-state index in [1.165, 1.54) is 0 Å². The summed E-state index contributed by atoms with van der Waals surface area (Å²) in [5.41, 5.74) is 1.19. The highest BCUT2D eigenvalue weighted by molar-refractivity contribution is 5.22. The molecular formula is C60H92O37. The van der Waals surface area contributed by atoms with Crippen molar-refractivity contribution < 1.29 is 183 Å². The van der Waals surface area contributed by atoms with Crippen LogP contribution >= 0.6 is 0 Å². The van der Waals surface area contributed by atoms with Crippen LogP contribution in [0.3, 0.4) is 0 Å². The summed E-state index contributed by atoms with van der Waals surface area (Å²) < 4.78 is 79.5. The van der Waals surface area contributed by atoms with Crippen molar-refractivity contribution in [2.45, 2.75) is 254 Å². The molecule has 21 heterocycles. The van der Waals surface area contributed by atoms with Crippen molar-refractivity contribution in [3.05, 3.63) is 71.8 Å². The molecule has 0 amide bonds. The van der Waals surface area contributed by atoms with E-state index < -0.39 is 272 Å². The molecule has 21 N–H and O–H groups in total. The maximum Gasteiger partial charge on any atom is 0.187 e. The first-order valence-corrected chi connectivity index (χ1v) is 31.5. The summed E-state index contributed by atoms with van der Waals surface area (Å²) in [4.78, 5) is 11.5. The fourth-order valence-electron chi connectivity index (χ4n) is 12.4. The van der Waals surface area contributed by atoms with Crippen molar-refractivity contribution in [2.75, 3.05) is 46.2 Å². The van der Waals surface area contributed by atoms with Gasteiger partial charge in [-0.2, -0.15) is 0 Å². The number of hydrogen-bond donors (Lipinski definition) is 21. The van der Waals surface area contributed by atoms with Gasteiger partial charge in [0, 0.05) is 0 Å². The van der Waals surface area contributed by atoms with E-state index >= 15 is 0 Å². The Kier molecular flexibility index (Phi) is 27.1. The Balaban J connectivity index is 0.000000470. The number of hydrogen-bond acceptors (Lipinski definition) is 37. The summed E-state index contributed by atoms with van der Waals surface area (Å²) in [6.45, 7) is 0.686. The van der Waals surface area contributed by atoms with Crippen LogP contribution < -0.4 is 0 Å². The topological polar surface area (TPSA) is 573 Å². The first-order chi connectivity index (χ1) is 46.1. The third-order valence-electron chi connectivity index (χ3n) is 18.2. The summed E-state index contributed by atoms with van der Waals surface area (Å²) in [6, 6.07) is 20.2. The van der Waals surface area contributed by atoms with E-state index in [1.54, 1.807) is 0 Å². The molecule has 21 aliphatic heterocycles. The van der Waals surface area contributed by atoms with Gasteiger partial charge in [0.1, 0.15) is 182 Å². The number of ether oxygens (including phenoxy) is 14. The van der Waals surface area contributed by atoms with Crippen molar-refractivity contribution in [3.8, 4) is 0 Å². The molecular weight excluding hydrogens is 1310 g/mol. The molecule has 21 aliphatic rings. The Labute approximate surface area is 553 Å². The van der Waals surface area contributed by atoms with Crippen LogP contribution in [0.1, 0.15) is 38.8 Å². The van der Waals surface area contributed by atoms with E-state index in [2.05, 4.69) is 0 Å². The van der Waals surface area contributed by atoms with Crippen molar-refractivity contribution in [1.82, 2.24) is 0 Å². The highest BCUT2D eigenvalue weighted by Crippen LogP contribution is 2.40. The minimum absolute atomic E-state index is 0.493. The quantitative estimate of drug-likeness (QED) is 0.0693. The second-order valence-corrected chi connectivity index (χ2v) is 25.6. The van der Waals surface area contributed by atoms with Gasteiger partial charge in [-0.3, -0.25) is 0 Å². The van der Waals surface area contributed by atoms with Crippen LogP contribution in [0.2, 0.25) is 0 Å². The molecule has 97 heavy (non-hydrogen) atoms. The minimum Gasteiger partial charge on any atom is -0.394 e. The van der Waals surface area contributed by atoms with E-state index in [0.29, 0.717) is 0 Å². The van der Waals surface area contributed by atoms with Crippen LogP contribution in [-0.4, -0.2) is 368 Å². The average Bonchev–Trinajstić information content (AvgIpc) is 0.786. The third kappa shape index (κ3) is 16.8. The van der Waals surface area contributed by atoms with Crippen molar-refractivity contribution in [3.63, 3.8) is 0 Å².